The third-order valence-electron chi connectivity index (χ3n) is 5.41. The first-order valence-corrected chi connectivity index (χ1v) is 7.49. The van der Waals surface area contributed by atoms with Crippen LogP contribution in [0.15, 0.2) is 12.4 Å². The molecular weight excluding hydrogens is 238 g/mol. The molecule has 1 aromatic rings. The molecule has 2 bridgehead atoms. The van der Waals surface area contributed by atoms with Gasteiger partial charge in [-0.1, -0.05) is 6.42 Å². The molecule has 3 N–H and O–H groups in total. The minimum Gasteiger partial charge on any atom is -0.388 e. The van der Waals surface area contributed by atoms with Crippen molar-refractivity contribution in [3.63, 3.8) is 0 Å². The monoisotopic (exact) mass is 263 g/mol. The number of hydrogen-bond acceptors (Lipinski definition) is 3. The van der Waals surface area contributed by atoms with Gasteiger partial charge in [0.15, 0.2) is 0 Å². The number of aliphatic hydroxyl groups excluding tert-OH is 1. The first-order valence-electron chi connectivity index (χ1n) is 7.49. The predicted octanol–water partition coefficient (Wildman–Crippen LogP) is 2.26. The van der Waals surface area contributed by atoms with Crippen molar-refractivity contribution < 1.29 is 5.11 Å². The van der Waals surface area contributed by atoms with E-state index in [-0.39, 0.29) is 5.41 Å². The molecule has 0 radical (unpaired) electrons. The maximum atomic E-state index is 10.9. The summed E-state index contributed by atoms with van der Waals surface area (Å²) >= 11 is 0. The maximum Gasteiger partial charge on any atom is 0.0891 e. The van der Waals surface area contributed by atoms with Crippen LogP contribution < -0.4 is 5.73 Å². The summed E-state index contributed by atoms with van der Waals surface area (Å²) < 4.78 is 1.91. The summed E-state index contributed by atoms with van der Waals surface area (Å²) in [6, 6.07) is 0.329. The molecule has 4 heteroatoms. The Morgan fingerprint density at radius 2 is 2.32 bits per heavy atom. The van der Waals surface area contributed by atoms with E-state index in [0.29, 0.717) is 18.5 Å². The number of nitrogens with two attached hydrogens (primary N) is 1. The SMILES string of the molecule is CC(C)n1cc(C(O)C2(CN)CC3CCC2C3)cn1. The van der Waals surface area contributed by atoms with E-state index in [1.54, 1.807) is 0 Å². The fourth-order valence-corrected chi connectivity index (χ4v) is 4.29. The van der Waals surface area contributed by atoms with Gasteiger partial charge in [-0.05, 0) is 44.9 Å². The lowest BCUT2D eigenvalue weighted by atomic mass is 9.68. The van der Waals surface area contributed by atoms with E-state index in [4.69, 9.17) is 5.73 Å². The standard InChI is InChI=1S/C15H25N3O/c1-10(2)18-8-12(7-17-18)14(19)15(9-16)6-11-3-4-13(15)5-11/h7-8,10-11,13-14,19H,3-6,9,16H2,1-2H3. The van der Waals surface area contributed by atoms with Crippen LogP contribution >= 0.6 is 0 Å². The average Bonchev–Trinajstić information content (AvgIpc) is 3.12. The topological polar surface area (TPSA) is 64.1 Å². The lowest BCUT2D eigenvalue weighted by molar-refractivity contribution is -0.0131. The van der Waals surface area contributed by atoms with Gasteiger partial charge in [0.25, 0.3) is 0 Å². The largest absolute Gasteiger partial charge is 0.388 e. The summed E-state index contributed by atoms with van der Waals surface area (Å²) in [6.45, 7) is 4.78. The van der Waals surface area contributed by atoms with Crippen molar-refractivity contribution in [1.29, 1.82) is 0 Å². The quantitative estimate of drug-likeness (QED) is 0.876. The fraction of sp³-hybridized carbons (Fsp3) is 0.800. The lowest BCUT2D eigenvalue weighted by Crippen LogP contribution is -2.41. The molecule has 3 rings (SSSR count). The van der Waals surface area contributed by atoms with Crippen LogP contribution in [-0.2, 0) is 0 Å². The minimum absolute atomic E-state index is 0.103. The normalized spacial score (nSPS) is 35.2. The molecule has 2 fully saturated rings. The Morgan fingerprint density at radius 3 is 2.79 bits per heavy atom. The summed E-state index contributed by atoms with van der Waals surface area (Å²) in [4.78, 5) is 0. The Balaban J connectivity index is 1.87. The molecule has 4 unspecified atom stereocenters. The van der Waals surface area contributed by atoms with Gasteiger partial charge in [0.1, 0.15) is 0 Å². The van der Waals surface area contributed by atoms with Gasteiger partial charge in [-0.2, -0.15) is 5.10 Å². The summed E-state index contributed by atoms with van der Waals surface area (Å²) in [5.74, 6) is 1.38. The molecule has 0 amide bonds. The number of hydrogen-bond donors (Lipinski definition) is 2. The molecule has 0 spiro atoms. The van der Waals surface area contributed by atoms with Crippen molar-refractivity contribution in [2.24, 2.45) is 23.0 Å². The molecule has 106 valence electrons. The molecule has 4 nitrogen and oxygen atoms in total. The van der Waals surface area contributed by atoms with Crippen molar-refractivity contribution in [2.75, 3.05) is 6.54 Å². The third kappa shape index (κ3) is 1.93. The minimum atomic E-state index is -0.458. The number of rotatable bonds is 4. The first kappa shape index (κ1) is 13.1. The average molecular weight is 263 g/mol. The van der Waals surface area contributed by atoms with Crippen molar-refractivity contribution in [2.45, 2.75) is 51.7 Å². The molecule has 19 heavy (non-hydrogen) atoms. The number of aliphatic hydroxyl groups is 1. The van der Waals surface area contributed by atoms with Gasteiger partial charge in [0, 0.05) is 29.8 Å². The van der Waals surface area contributed by atoms with E-state index in [0.717, 1.165) is 17.9 Å². The third-order valence-corrected chi connectivity index (χ3v) is 5.41. The molecule has 2 aliphatic rings. The Bertz CT molecular complexity index is 456. The predicted molar refractivity (Wildman–Crippen MR) is 74.5 cm³/mol. The Morgan fingerprint density at radius 1 is 1.53 bits per heavy atom. The van der Waals surface area contributed by atoms with Crippen LogP contribution in [-0.4, -0.2) is 21.4 Å². The van der Waals surface area contributed by atoms with Crippen LogP contribution in [0.3, 0.4) is 0 Å². The number of fused-ring (bicyclic) bond motifs is 2. The second-order valence-electron chi connectivity index (χ2n) is 6.77. The van der Waals surface area contributed by atoms with Crippen LogP contribution in [0.2, 0.25) is 0 Å². The Kier molecular flexibility index (Phi) is 3.18. The zero-order valence-corrected chi connectivity index (χ0v) is 11.9. The van der Waals surface area contributed by atoms with E-state index in [9.17, 15) is 5.11 Å². The highest BCUT2D eigenvalue weighted by Crippen LogP contribution is 2.60. The fourth-order valence-electron chi connectivity index (χ4n) is 4.29. The van der Waals surface area contributed by atoms with E-state index in [1.807, 2.05) is 17.1 Å². The highest BCUT2D eigenvalue weighted by molar-refractivity contribution is 5.17. The second-order valence-corrected chi connectivity index (χ2v) is 6.77. The molecule has 2 saturated carbocycles. The molecule has 0 aliphatic heterocycles. The van der Waals surface area contributed by atoms with Gasteiger partial charge in [-0.3, -0.25) is 4.68 Å². The first-order chi connectivity index (χ1) is 9.06. The van der Waals surface area contributed by atoms with Crippen molar-refractivity contribution >= 4 is 0 Å². The number of aromatic nitrogens is 2. The van der Waals surface area contributed by atoms with Crippen LogP contribution in [0.1, 0.15) is 57.2 Å². The maximum absolute atomic E-state index is 10.9. The van der Waals surface area contributed by atoms with Crippen LogP contribution in [0.4, 0.5) is 0 Å². The molecule has 1 heterocycles. The number of nitrogens with zero attached hydrogens (tertiary/aromatic N) is 2. The van der Waals surface area contributed by atoms with Gasteiger partial charge in [0.2, 0.25) is 0 Å². The van der Waals surface area contributed by atoms with Gasteiger partial charge in [-0.15, -0.1) is 0 Å². The molecule has 2 aliphatic carbocycles. The molecule has 0 aromatic carbocycles. The summed E-state index contributed by atoms with van der Waals surface area (Å²) in [6.07, 6.45) is 8.24. The van der Waals surface area contributed by atoms with Gasteiger partial charge in [0.05, 0.1) is 12.3 Å². The van der Waals surface area contributed by atoms with E-state index in [1.165, 1.54) is 19.3 Å². The van der Waals surface area contributed by atoms with Gasteiger partial charge < -0.3 is 10.8 Å². The van der Waals surface area contributed by atoms with Crippen LogP contribution in [0.25, 0.3) is 0 Å². The summed E-state index contributed by atoms with van der Waals surface area (Å²) in [5.41, 5.74) is 6.91. The highest BCUT2D eigenvalue weighted by atomic mass is 16.3. The van der Waals surface area contributed by atoms with Crippen molar-refractivity contribution in [1.82, 2.24) is 9.78 Å². The zero-order valence-electron chi connectivity index (χ0n) is 11.9. The van der Waals surface area contributed by atoms with E-state index in [2.05, 4.69) is 18.9 Å². The highest BCUT2D eigenvalue weighted by Gasteiger charge is 2.54. The van der Waals surface area contributed by atoms with E-state index < -0.39 is 6.10 Å². The second kappa shape index (κ2) is 4.60. The van der Waals surface area contributed by atoms with E-state index >= 15 is 0 Å². The van der Waals surface area contributed by atoms with Crippen LogP contribution in [0.5, 0.6) is 0 Å². The molecule has 4 atom stereocenters. The van der Waals surface area contributed by atoms with Gasteiger partial charge >= 0.3 is 0 Å². The smallest absolute Gasteiger partial charge is 0.0891 e. The summed E-state index contributed by atoms with van der Waals surface area (Å²) in [7, 11) is 0. The molecule has 0 saturated heterocycles. The van der Waals surface area contributed by atoms with Crippen LogP contribution in [0, 0.1) is 17.3 Å². The summed E-state index contributed by atoms with van der Waals surface area (Å²) in [5, 5.41) is 15.2. The molecular formula is C15H25N3O. The Hall–Kier alpha value is -0.870. The van der Waals surface area contributed by atoms with Crippen molar-refractivity contribution in [3.8, 4) is 0 Å². The van der Waals surface area contributed by atoms with Crippen molar-refractivity contribution in [3.05, 3.63) is 18.0 Å². The lowest BCUT2D eigenvalue weighted by Gasteiger charge is -2.40. The Labute approximate surface area is 115 Å². The van der Waals surface area contributed by atoms with Gasteiger partial charge in [-0.25, -0.2) is 0 Å². The molecule has 1 aromatic heterocycles. The zero-order chi connectivity index (χ0) is 13.6.